The molecule has 1 aromatic heterocycles. The average Bonchev–Trinajstić information content (AvgIpc) is 2.50. The fraction of sp³-hybridized carbons (Fsp3) is 0.400. The summed E-state index contributed by atoms with van der Waals surface area (Å²) in [5.41, 5.74) is 2.67. The SMILES string of the molecule is C/C=C(\C)c1cccn1CC. The van der Waals surface area contributed by atoms with Crippen molar-refractivity contribution in [3.05, 3.63) is 30.1 Å². The molecule has 0 aromatic carbocycles. The van der Waals surface area contributed by atoms with Gasteiger partial charge in [-0.15, -0.1) is 0 Å². The molecule has 0 aliphatic rings. The summed E-state index contributed by atoms with van der Waals surface area (Å²) in [7, 11) is 0. The molecule has 0 aliphatic carbocycles. The summed E-state index contributed by atoms with van der Waals surface area (Å²) < 4.78 is 2.25. The Morgan fingerprint density at radius 2 is 2.36 bits per heavy atom. The first-order chi connectivity index (χ1) is 5.29. The lowest BCUT2D eigenvalue weighted by Crippen LogP contribution is -1.96. The second-order valence-electron chi connectivity index (χ2n) is 2.65. The molecule has 1 heterocycles. The van der Waals surface area contributed by atoms with Gasteiger partial charge in [0.25, 0.3) is 0 Å². The third kappa shape index (κ3) is 1.53. The monoisotopic (exact) mass is 149 g/mol. The van der Waals surface area contributed by atoms with Crippen LogP contribution < -0.4 is 0 Å². The fourth-order valence-corrected chi connectivity index (χ4v) is 1.20. The summed E-state index contributed by atoms with van der Waals surface area (Å²) in [5.74, 6) is 0. The van der Waals surface area contributed by atoms with E-state index in [0.29, 0.717) is 0 Å². The third-order valence-electron chi connectivity index (χ3n) is 2.01. The smallest absolute Gasteiger partial charge is 0.0432 e. The summed E-state index contributed by atoms with van der Waals surface area (Å²) in [4.78, 5) is 0. The normalized spacial score (nSPS) is 12.1. The number of hydrogen-bond acceptors (Lipinski definition) is 0. The third-order valence-corrected chi connectivity index (χ3v) is 2.01. The quantitative estimate of drug-likeness (QED) is 0.609. The molecular formula is C10H15N. The van der Waals surface area contributed by atoms with Gasteiger partial charge in [0.1, 0.15) is 0 Å². The minimum Gasteiger partial charge on any atom is -0.348 e. The molecule has 0 fully saturated rings. The van der Waals surface area contributed by atoms with E-state index in [1.54, 1.807) is 0 Å². The zero-order valence-corrected chi connectivity index (χ0v) is 7.46. The molecule has 11 heavy (non-hydrogen) atoms. The first-order valence-corrected chi connectivity index (χ1v) is 4.08. The molecule has 1 rings (SSSR count). The summed E-state index contributed by atoms with van der Waals surface area (Å²) in [5, 5.41) is 0. The molecule has 0 radical (unpaired) electrons. The Morgan fingerprint density at radius 1 is 1.64 bits per heavy atom. The van der Waals surface area contributed by atoms with Crippen molar-refractivity contribution in [1.29, 1.82) is 0 Å². The lowest BCUT2D eigenvalue weighted by atomic mass is 10.2. The molecule has 0 saturated heterocycles. The Hall–Kier alpha value is -0.980. The lowest BCUT2D eigenvalue weighted by molar-refractivity contribution is 0.758. The molecule has 0 aliphatic heterocycles. The molecule has 0 atom stereocenters. The van der Waals surface area contributed by atoms with Gasteiger partial charge in [-0.3, -0.25) is 0 Å². The maximum Gasteiger partial charge on any atom is 0.0432 e. The number of hydrogen-bond donors (Lipinski definition) is 0. The van der Waals surface area contributed by atoms with Crippen LogP contribution in [-0.2, 0) is 6.54 Å². The average molecular weight is 149 g/mol. The van der Waals surface area contributed by atoms with E-state index in [0.717, 1.165) is 6.54 Å². The zero-order chi connectivity index (χ0) is 8.27. The molecule has 1 aromatic rings. The summed E-state index contributed by atoms with van der Waals surface area (Å²) in [6.45, 7) is 7.42. The van der Waals surface area contributed by atoms with Crippen molar-refractivity contribution < 1.29 is 0 Å². The Morgan fingerprint density at radius 3 is 2.91 bits per heavy atom. The van der Waals surface area contributed by atoms with E-state index < -0.39 is 0 Å². The van der Waals surface area contributed by atoms with Crippen LogP contribution in [0.4, 0.5) is 0 Å². The van der Waals surface area contributed by atoms with Crippen LogP contribution in [0, 0.1) is 0 Å². The number of aryl methyl sites for hydroxylation is 1. The highest BCUT2D eigenvalue weighted by atomic mass is 15.0. The number of rotatable bonds is 2. The van der Waals surface area contributed by atoms with Gasteiger partial charge in [0.05, 0.1) is 0 Å². The Balaban J connectivity index is 3.02. The zero-order valence-electron chi connectivity index (χ0n) is 7.46. The van der Waals surface area contributed by atoms with Crippen molar-refractivity contribution in [1.82, 2.24) is 4.57 Å². The van der Waals surface area contributed by atoms with E-state index in [4.69, 9.17) is 0 Å². The van der Waals surface area contributed by atoms with E-state index in [2.05, 4.69) is 49.7 Å². The minimum absolute atomic E-state index is 1.05. The number of aromatic nitrogens is 1. The highest BCUT2D eigenvalue weighted by Gasteiger charge is 1.98. The van der Waals surface area contributed by atoms with Crippen molar-refractivity contribution >= 4 is 5.57 Å². The van der Waals surface area contributed by atoms with Gasteiger partial charge in [-0.25, -0.2) is 0 Å². The van der Waals surface area contributed by atoms with Crippen LogP contribution in [0.2, 0.25) is 0 Å². The van der Waals surface area contributed by atoms with Crippen LogP contribution in [0.15, 0.2) is 24.4 Å². The molecule has 0 N–H and O–H groups in total. The number of allylic oxidation sites excluding steroid dienone is 2. The predicted molar refractivity (Wildman–Crippen MR) is 49.4 cm³/mol. The van der Waals surface area contributed by atoms with E-state index in [-0.39, 0.29) is 0 Å². The van der Waals surface area contributed by atoms with Gasteiger partial charge < -0.3 is 4.57 Å². The summed E-state index contributed by atoms with van der Waals surface area (Å²) in [6.07, 6.45) is 4.25. The maximum absolute atomic E-state index is 2.25. The highest BCUT2D eigenvalue weighted by molar-refractivity contribution is 5.60. The minimum atomic E-state index is 1.05. The molecule has 1 nitrogen and oxygen atoms in total. The molecular weight excluding hydrogens is 134 g/mol. The molecule has 0 bridgehead atoms. The lowest BCUT2D eigenvalue weighted by Gasteiger charge is -2.05. The van der Waals surface area contributed by atoms with Crippen LogP contribution in [0.1, 0.15) is 26.5 Å². The molecule has 0 unspecified atom stereocenters. The maximum atomic E-state index is 2.25. The van der Waals surface area contributed by atoms with Crippen molar-refractivity contribution in [2.24, 2.45) is 0 Å². The topological polar surface area (TPSA) is 4.93 Å². The van der Waals surface area contributed by atoms with E-state index in [1.165, 1.54) is 11.3 Å². The largest absolute Gasteiger partial charge is 0.348 e. The molecule has 0 amide bonds. The summed E-state index contributed by atoms with van der Waals surface area (Å²) >= 11 is 0. The van der Waals surface area contributed by atoms with Crippen LogP contribution in [0.25, 0.3) is 5.57 Å². The molecule has 60 valence electrons. The van der Waals surface area contributed by atoms with Gasteiger partial charge in [-0.2, -0.15) is 0 Å². The van der Waals surface area contributed by atoms with Gasteiger partial charge in [0, 0.05) is 18.4 Å². The van der Waals surface area contributed by atoms with Crippen molar-refractivity contribution in [3.63, 3.8) is 0 Å². The molecule has 0 saturated carbocycles. The van der Waals surface area contributed by atoms with Gasteiger partial charge in [0.2, 0.25) is 0 Å². The van der Waals surface area contributed by atoms with Crippen LogP contribution in [-0.4, -0.2) is 4.57 Å². The standard InChI is InChI=1S/C10H15N/c1-4-9(3)10-7-6-8-11(10)5-2/h4,6-8H,5H2,1-3H3/b9-4+. The van der Waals surface area contributed by atoms with E-state index >= 15 is 0 Å². The number of nitrogens with zero attached hydrogens (tertiary/aromatic N) is 1. The molecule has 1 heteroatoms. The van der Waals surface area contributed by atoms with Crippen molar-refractivity contribution in [2.45, 2.75) is 27.3 Å². The second kappa shape index (κ2) is 3.42. The first kappa shape index (κ1) is 8.12. The Kier molecular flexibility index (Phi) is 2.53. The second-order valence-corrected chi connectivity index (χ2v) is 2.65. The Labute approximate surface area is 68.4 Å². The van der Waals surface area contributed by atoms with Gasteiger partial charge in [0.15, 0.2) is 0 Å². The summed E-state index contributed by atoms with van der Waals surface area (Å²) in [6, 6.07) is 4.24. The van der Waals surface area contributed by atoms with E-state index in [9.17, 15) is 0 Å². The first-order valence-electron chi connectivity index (χ1n) is 4.08. The van der Waals surface area contributed by atoms with Crippen molar-refractivity contribution in [3.8, 4) is 0 Å². The van der Waals surface area contributed by atoms with Crippen LogP contribution in [0.3, 0.4) is 0 Å². The van der Waals surface area contributed by atoms with Gasteiger partial charge in [-0.1, -0.05) is 6.08 Å². The predicted octanol–water partition coefficient (Wildman–Crippen LogP) is 2.93. The highest BCUT2D eigenvalue weighted by Crippen LogP contribution is 2.13. The molecule has 0 spiro atoms. The van der Waals surface area contributed by atoms with Crippen LogP contribution in [0.5, 0.6) is 0 Å². The van der Waals surface area contributed by atoms with Crippen LogP contribution >= 0.6 is 0 Å². The van der Waals surface area contributed by atoms with E-state index in [1.807, 2.05) is 0 Å². The fourth-order valence-electron chi connectivity index (χ4n) is 1.20. The van der Waals surface area contributed by atoms with Gasteiger partial charge >= 0.3 is 0 Å². The van der Waals surface area contributed by atoms with Gasteiger partial charge in [-0.05, 0) is 38.5 Å². The van der Waals surface area contributed by atoms with Crippen molar-refractivity contribution in [2.75, 3.05) is 0 Å². The Bertz CT molecular complexity index is 256.